The van der Waals surface area contributed by atoms with E-state index < -0.39 is 0 Å². The van der Waals surface area contributed by atoms with Crippen molar-refractivity contribution in [1.82, 2.24) is 10.3 Å². The molecular formula is C7H16N4S. The third-order valence-electron chi connectivity index (χ3n) is 2.13. The summed E-state index contributed by atoms with van der Waals surface area (Å²) in [5.41, 5.74) is 2.60. The van der Waals surface area contributed by atoms with Crippen molar-refractivity contribution in [2.24, 2.45) is 10.8 Å². The minimum Gasteiger partial charge on any atom is -0.341 e. The molecule has 1 atom stereocenters. The largest absolute Gasteiger partial charge is 0.341 e. The summed E-state index contributed by atoms with van der Waals surface area (Å²) in [6, 6.07) is 0.588. The van der Waals surface area contributed by atoms with E-state index in [1.165, 1.54) is 17.9 Å². The van der Waals surface area contributed by atoms with Crippen LogP contribution in [0.5, 0.6) is 0 Å². The molecule has 1 rings (SSSR count). The van der Waals surface area contributed by atoms with Crippen molar-refractivity contribution in [2.75, 3.05) is 25.6 Å². The van der Waals surface area contributed by atoms with Gasteiger partial charge in [0.25, 0.3) is 0 Å². The van der Waals surface area contributed by atoms with Crippen molar-refractivity contribution in [3.8, 4) is 0 Å². The fraction of sp³-hybridized carbons (Fsp3) is 0.857. The van der Waals surface area contributed by atoms with E-state index in [2.05, 4.69) is 15.3 Å². The fourth-order valence-electron chi connectivity index (χ4n) is 1.32. The maximum absolute atomic E-state index is 5.32. The first-order valence-corrected chi connectivity index (χ1v) is 5.19. The Morgan fingerprint density at radius 3 is 2.92 bits per heavy atom. The molecule has 1 saturated heterocycles. The lowest BCUT2D eigenvalue weighted by Crippen LogP contribution is -2.47. The third-order valence-corrected chi connectivity index (χ3v) is 3.27. The molecule has 0 amide bonds. The SMILES string of the molecule is CN=C(NN)N(C)C1CCSC1. The Hall–Kier alpha value is -0.420. The van der Waals surface area contributed by atoms with Gasteiger partial charge in [0.2, 0.25) is 5.96 Å². The van der Waals surface area contributed by atoms with Crippen LogP contribution in [0.2, 0.25) is 0 Å². The standard InChI is InChI=1S/C7H16N4S/c1-9-7(10-8)11(2)6-3-4-12-5-6/h6H,3-5,8H2,1-2H3,(H,9,10). The maximum Gasteiger partial charge on any atom is 0.208 e. The summed E-state index contributed by atoms with van der Waals surface area (Å²) in [4.78, 5) is 6.16. The van der Waals surface area contributed by atoms with Crippen LogP contribution in [-0.4, -0.2) is 42.5 Å². The van der Waals surface area contributed by atoms with Gasteiger partial charge in [-0.3, -0.25) is 10.4 Å². The predicted molar refractivity (Wildman–Crippen MR) is 54.2 cm³/mol. The summed E-state index contributed by atoms with van der Waals surface area (Å²) >= 11 is 1.98. The molecule has 5 heteroatoms. The number of guanidine groups is 1. The number of thioether (sulfide) groups is 1. The number of hydrogen-bond acceptors (Lipinski definition) is 3. The van der Waals surface area contributed by atoms with E-state index in [0.717, 1.165) is 5.96 Å². The second-order valence-corrected chi connectivity index (χ2v) is 3.97. The first kappa shape index (κ1) is 9.67. The van der Waals surface area contributed by atoms with E-state index in [1.54, 1.807) is 7.05 Å². The number of rotatable bonds is 1. The third kappa shape index (κ3) is 2.04. The number of hydrogen-bond donors (Lipinski definition) is 2. The molecule has 4 nitrogen and oxygen atoms in total. The molecule has 1 aliphatic rings. The van der Waals surface area contributed by atoms with Crippen molar-refractivity contribution >= 4 is 17.7 Å². The van der Waals surface area contributed by atoms with E-state index in [0.29, 0.717) is 6.04 Å². The van der Waals surface area contributed by atoms with Crippen LogP contribution in [0, 0.1) is 0 Å². The molecule has 0 aromatic rings. The van der Waals surface area contributed by atoms with Crippen LogP contribution >= 0.6 is 11.8 Å². The van der Waals surface area contributed by atoms with E-state index in [1.807, 2.05) is 18.8 Å². The van der Waals surface area contributed by atoms with E-state index in [-0.39, 0.29) is 0 Å². The van der Waals surface area contributed by atoms with Crippen molar-refractivity contribution < 1.29 is 0 Å². The molecule has 70 valence electrons. The number of aliphatic imine (C=N–C) groups is 1. The van der Waals surface area contributed by atoms with Gasteiger partial charge in [0.1, 0.15) is 0 Å². The summed E-state index contributed by atoms with van der Waals surface area (Å²) < 4.78 is 0. The van der Waals surface area contributed by atoms with Gasteiger partial charge in [0.05, 0.1) is 0 Å². The average Bonchev–Trinajstić information content (AvgIpc) is 2.58. The Morgan fingerprint density at radius 2 is 2.50 bits per heavy atom. The van der Waals surface area contributed by atoms with Gasteiger partial charge in [-0.05, 0) is 12.2 Å². The van der Waals surface area contributed by atoms with Gasteiger partial charge in [0.15, 0.2) is 0 Å². The summed E-state index contributed by atoms with van der Waals surface area (Å²) in [5, 5.41) is 0. The van der Waals surface area contributed by atoms with Crippen LogP contribution in [-0.2, 0) is 0 Å². The zero-order valence-corrected chi connectivity index (χ0v) is 8.40. The first-order valence-electron chi connectivity index (χ1n) is 4.03. The topological polar surface area (TPSA) is 53.6 Å². The predicted octanol–water partition coefficient (Wildman–Crippen LogP) is -0.127. The second kappa shape index (κ2) is 4.57. The molecule has 0 saturated carbocycles. The van der Waals surface area contributed by atoms with Crippen molar-refractivity contribution in [1.29, 1.82) is 0 Å². The highest BCUT2D eigenvalue weighted by atomic mass is 32.2. The van der Waals surface area contributed by atoms with Crippen molar-refractivity contribution in [3.05, 3.63) is 0 Å². The highest BCUT2D eigenvalue weighted by Gasteiger charge is 2.21. The summed E-state index contributed by atoms with van der Waals surface area (Å²) in [7, 11) is 3.77. The molecule has 0 aromatic heterocycles. The van der Waals surface area contributed by atoms with Gasteiger partial charge in [-0.25, -0.2) is 5.84 Å². The van der Waals surface area contributed by atoms with Crippen LogP contribution in [0.3, 0.4) is 0 Å². The lowest BCUT2D eigenvalue weighted by atomic mass is 10.2. The van der Waals surface area contributed by atoms with Crippen molar-refractivity contribution in [2.45, 2.75) is 12.5 Å². The number of nitrogens with one attached hydrogen (secondary N) is 1. The number of hydrazine groups is 1. The zero-order chi connectivity index (χ0) is 8.97. The molecule has 0 spiro atoms. The lowest BCUT2D eigenvalue weighted by Gasteiger charge is -2.26. The quantitative estimate of drug-likeness (QED) is 0.260. The molecule has 12 heavy (non-hydrogen) atoms. The molecule has 0 aliphatic carbocycles. The Labute approximate surface area is 77.6 Å². The average molecular weight is 188 g/mol. The van der Waals surface area contributed by atoms with Gasteiger partial charge in [-0.1, -0.05) is 0 Å². The summed E-state index contributed by atoms with van der Waals surface area (Å²) in [6.07, 6.45) is 1.22. The van der Waals surface area contributed by atoms with Gasteiger partial charge in [0, 0.05) is 25.9 Å². The number of nitrogens with two attached hydrogens (primary N) is 1. The van der Waals surface area contributed by atoms with E-state index in [4.69, 9.17) is 5.84 Å². The zero-order valence-electron chi connectivity index (χ0n) is 7.58. The molecule has 0 bridgehead atoms. The highest BCUT2D eigenvalue weighted by Crippen LogP contribution is 2.20. The van der Waals surface area contributed by atoms with Crippen molar-refractivity contribution in [3.63, 3.8) is 0 Å². The van der Waals surface area contributed by atoms with Gasteiger partial charge >= 0.3 is 0 Å². The van der Waals surface area contributed by atoms with Crippen LogP contribution in [0.1, 0.15) is 6.42 Å². The van der Waals surface area contributed by atoms with Gasteiger partial charge in [-0.15, -0.1) is 0 Å². The summed E-state index contributed by atoms with van der Waals surface area (Å²) in [6.45, 7) is 0. The number of nitrogens with zero attached hydrogens (tertiary/aromatic N) is 2. The Balaban J connectivity index is 2.49. The maximum atomic E-state index is 5.32. The minimum atomic E-state index is 0.588. The van der Waals surface area contributed by atoms with Gasteiger partial charge in [-0.2, -0.15) is 11.8 Å². The molecule has 1 aliphatic heterocycles. The Morgan fingerprint density at radius 1 is 1.75 bits per heavy atom. The smallest absolute Gasteiger partial charge is 0.208 e. The van der Waals surface area contributed by atoms with Crippen LogP contribution in [0.4, 0.5) is 0 Å². The monoisotopic (exact) mass is 188 g/mol. The lowest BCUT2D eigenvalue weighted by molar-refractivity contribution is 0.384. The van der Waals surface area contributed by atoms with E-state index in [9.17, 15) is 0 Å². The molecule has 3 N–H and O–H groups in total. The molecular weight excluding hydrogens is 172 g/mol. The first-order chi connectivity index (χ1) is 5.79. The second-order valence-electron chi connectivity index (χ2n) is 2.82. The highest BCUT2D eigenvalue weighted by molar-refractivity contribution is 7.99. The van der Waals surface area contributed by atoms with Crippen LogP contribution in [0.15, 0.2) is 4.99 Å². The molecule has 1 fully saturated rings. The molecule has 0 radical (unpaired) electrons. The Bertz CT molecular complexity index is 165. The molecule has 1 heterocycles. The van der Waals surface area contributed by atoms with Crippen LogP contribution < -0.4 is 11.3 Å². The van der Waals surface area contributed by atoms with Gasteiger partial charge < -0.3 is 4.90 Å². The van der Waals surface area contributed by atoms with E-state index >= 15 is 0 Å². The molecule has 0 aromatic carbocycles. The van der Waals surface area contributed by atoms with Crippen LogP contribution in [0.25, 0.3) is 0 Å². The summed E-state index contributed by atoms with van der Waals surface area (Å²) in [5.74, 6) is 8.51. The normalized spacial score (nSPS) is 24.2. The Kier molecular flexibility index (Phi) is 3.68. The minimum absolute atomic E-state index is 0.588. The fourth-order valence-corrected chi connectivity index (χ4v) is 2.59. The molecule has 1 unspecified atom stereocenters.